The molecule has 1 amide bonds. The third-order valence-corrected chi connectivity index (χ3v) is 4.19. The Morgan fingerprint density at radius 3 is 2.50 bits per heavy atom. The Hall–Kier alpha value is -2.83. The summed E-state index contributed by atoms with van der Waals surface area (Å²) in [6, 6.07) is 8.88. The number of nitro groups is 1. The Kier molecular flexibility index (Phi) is 4.24. The largest absolute Gasteiger partial charge is 0.349 e. The Bertz CT molecular complexity index is 804. The van der Waals surface area contributed by atoms with Gasteiger partial charge in [-0.15, -0.1) is 0 Å². The molecule has 0 heterocycles. The smallest absolute Gasteiger partial charge is 0.282 e. The molecule has 1 N–H and O–H groups in total. The number of nitrogens with one attached hydrogen (secondary N) is 1. The number of nitro benzene ring substituents is 1. The molecule has 5 nitrogen and oxygen atoms in total. The van der Waals surface area contributed by atoms with Gasteiger partial charge in [-0.2, -0.15) is 0 Å². The van der Waals surface area contributed by atoms with Crippen molar-refractivity contribution in [2.24, 2.45) is 0 Å². The molecular weight excluding hydrogens is 318 g/mol. The fourth-order valence-corrected chi connectivity index (χ4v) is 2.88. The summed E-state index contributed by atoms with van der Waals surface area (Å²) in [6.07, 6.45) is 1.22. The zero-order valence-electron chi connectivity index (χ0n) is 12.5. The van der Waals surface area contributed by atoms with E-state index >= 15 is 0 Å². The second-order valence-corrected chi connectivity index (χ2v) is 5.81. The number of hydrogen-bond acceptors (Lipinski definition) is 3. The van der Waals surface area contributed by atoms with Crippen LogP contribution in [0.1, 0.15) is 34.7 Å². The Morgan fingerprint density at radius 1 is 1.12 bits per heavy atom. The van der Waals surface area contributed by atoms with Gasteiger partial charge in [0.1, 0.15) is 17.2 Å². The molecule has 0 bridgehead atoms. The van der Waals surface area contributed by atoms with Gasteiger partial charge in [0.05, 0.1) is 4.92 Å². The number of rotatable bonds is 4. The van der Waals surface area contributed by atoms with Crippen molar-refractivity contribution in [1.29, 1.82) is 0 Å². The average molecular weight is 332 g/mol. The van der Waals surface area contributed by atoms with E-state index in [1.807, 2.05) is 6.07 Å². The van der Waals surface area contributed by atoms with Gasteiger partial charge in [0.2, 0.25) is 0 Å². The summed E-state index contributed by atoms with van der Waals surface area (Å²) < 4.78 is 26.5. The van der Waals surface area contributed by atoms with Crippen LogP contribution in [-0.4, -0.2) is 16.9 Å². The Labute approximate surface area is 136 Å². The molecule has 124 valence electrons. The van der Waals surface area contributed by atoms with Crippen LogP contribution in [0.4, 0.5) is 14.5 Å². The Balaban J connectivity index is 1.65. The van der Waals surface area contributed by atoms with Gasteiger partial charge in [0, 0.05) is 12.1 Å². The number of carbonyl (C=O) groups is 1. The summed E-state index contributed by atoms with van der Waals surface area (Å²) in [5, 5.41) is 13.6. The van der Waals surface area contributed by atoms with Crippen molar-refractivity contribution in [2.75, 3.05) is 0 Å². The van der Waals surface area contributed by atoms with Crippen molar-refractivity contribution in [2.45, 2.75) is 24.8 Å². The minimum Gasteiger partial charge on any atom is -0.349 e. The van der Waals surface area contributed by atoms with E-state index < -0.39 is 22.3 Å². The van der Waals surface area contributed by atoms with Gasteiger partial charge < -0.3 is 5.32 Å². The van der Waals surface area contributed by atoms with Crippen LogP contribution >= 0.6 is 0 Å². The maximum absolute atomic E-state index is 13.3. The first-order chi connectivity index (χ1) is 11.4. The van der Waals surface area contributed by atoms with E-state index in [1.54, 1.807) is 6.07 Å². The fraction of sp³-hybridized carbons (Fsp3) is 0.235. The normalized spacial score (nSPS) is 19.4. The molecule has 24 heavy (non-hydrogen) atoms. The number of carbonyl (C=O) groups excluding carboxylic acids is 1. The molecule has 2 aromatic carbocycles. The van der Waals surface area contributed by atoms with Crippen molar-refractivity contribution in [3.63, 3.8) is 0 Å². The SMILES string of the molecule is O=C(NC1CC(c2cccc(F)c2)C1)c1cc(F)ccc1[N+](=O)[O-]. The first kappa shape index (κ1) is 16.0. The van der Waals surface area contributed by atoms with Gasteiger partial charge in [-0.25, -0.2) is 8.78 Å². The highest BCUT2D eigenvalue weighted by Gasteiger charge is 2.33. The summed E-state index contributed by atoms with van der Waals surface area (Å²) in [7, 11) is 0. The van der Waals surface area contributed by atoms with Crippen LogP contribution in [-0.2, 0) is 0 Å². The van der Waals surface area contributed by atoms with Gasteiger partial charge in [-0.1, -0.05) is 12.1 Å². The number of hydrogen-bond donors (Lipinski definition) is 1. The minimum atomic E-state index is -0.718. The molecular formula is C17H14F2N2O3. The van der Waals surface area contributed by atoms with Gasteiger partial charge in [-0.3, -0.25) is 14.9 Å². The van der Waals surface area contributed by atoms with Crippen LogP contribution in [0.5, 0.6) is 0 Å². The molecule has 0 radical (unpaired) electrons. The topological polar surface area (TPSA) is 72.2 Å². The summed E-state index contributed by atoms with van der Waals surface area (Å²) in [5.74, 6) is -1.57. The summed E-state index contributed by atoms with van der Waals surface area (Å²) in [5.41, 5.74) is 0.126. The summed E-state index contributed by atoms with van der Waals surface area (Å²) in [4.78, 5) is 22.4. The fourth-order valence-electron chi connectivity index (χ4n) is 2.88. The second kappa shape index (κ2) is 6.35. The molecule has 0 unspecified atom stereocenters. The molecule has 1 aliphatic rings. The molecule has 7 heteroatoms. The van der Waals surface area contributed by atoms with Crippen LogP contribution < -0.4 is 5.32 Å². The second-order valence-electron chi connectivity index (χ2n) is 5.81. The molecule has 2 aromatic rings. The molecule has 0 aromatic heterocycles. The van der Waals surface area contributed by atoms with Gasteiger partial charge in [-0.05, 0) is 48.6 Å². The summed E-state index contributed by atoms with van der Waals surface area (Å²) in [6.45, 7) is 0. The molecule has 1 fully saturated rings. The maximum Gasteiger partial charge on any atom is 0.282 e. The molecule has 1 aliphatic carbocycles. The van der Waals surface area contributed by atoms with Crippen molar-refractivity contribution < 1.29 is 18.5 Å². The number of nitrogens with zero attached hydrogens (tertiary/aromatic N) is 1. The first-order valence-electron chi connectivity index (χ1n) is 7.44. The number of benzene rings is 2. The van der Waals surface area contributed by atoms with E-state index in [4.69, 9.17) is 0 Å². The van der Waals surface area contributed by atoms with E-state index in [2.05, 4.69) is 5.32 Å². The van der Waals surface area contributed by atoms with E-state index in [1.165, 1.54) is 12.1 Å². The maximum atomic E-state index is 13.3. The molecule has 0 spiro atoms. The van der Waals surface area contributed by atoms with Gasteiger partial charge in [0.25, 0.3) is 11.6 Å². The highest BCUT2D eigenvalue weighted by atomic mass is 19.1. The molecule has 0 saturated heterocycles. The third kappa shape index (κ3) is 3.24. The van der Waals surface area contributed by atoms with Crippen LogP contribution in [0.25, 0.3) is 0 Å². The van der Waals surface area contributed by atoms with E-state index in [9.17, 15) is 23.7 Å². The molecule has 0 atom stereocenters. The average Bonchev–Trinajstić information content (AvgIpc) is 2.49. The van der Waals surface area contributed by atoms with E-state index in [0.717, 1.165) is 23.8 Å². The zero-order chi connectivity index (χ0) is 17.3. The first-order valence-corrected chi connectivity index (χ1v) is 7.44. The summed E-state index contributed by atoms with van der Waals surface area (Å²) >= 11 is 0. The van der Waals surface area contributed by atoms with Crippen molar-refractivity contribution in [3.8, 4) is 0 Å². The van der Waals surface area contributed by atoms with Gasteiger partial charge in [0.15, 0.2) is 0 Å². The monoisotopic (exact) mass is 332 g/mol. The van der Waals surface area contributed by atoms with Gasteiger partial charge >= 0.3 is 0 Å². The number of halogens is 2. The molecule has 0 aliphatic heterocycles. The van der Waals surface area contributed by atoms with Crippen molar-refractivity contribution >= 4 is 11.6 Å². The van der Waals surface area contributed by atoms with Crippen LogP contribution in [0, 0.1) is 21.7 Å². The number of amides is 1. The van der Waals surface area contributed by atoms with Crippen molar-refractivity contribution in [3.05, 3.63) is 75.3 Å². The predicted molar refractivity (Wildman–Crippen MR) is 82.7 cm³/mol. The lowest BCUT2D eigenvalue weighted by molar-refractivity contribution is -0.385. The lowest BCUT2D eigenvalue weighted by Crippen LogP contribution is -2.43. The standard InChI is InChI=1S/C17H14F2N2O3/c18-12-3-1-2-10(6-12)11-7-14(8-11)20-17(22)15-9-13(19)4-5-16(15)21(23)24/h1-6,9,11,14H,7-8H2,(H,20,22). The quantitative estimate of drug-likeness (QED) is 0.687. The lowest BCUT2D eigenvalue weighted by Gasteiger charge is -2.36. The highest BCUT2D eigenvalue weighted by molar-refractivity contribution is 5.98. The molecule has 3 rings (SSSR count). The van der Waals surface area contributed by atoms with Crippen LogP contribution in [0.3, 0.4) is 0 Å². The van der Waals surface area contributed by atoms with Crippen LogP contribution in [0.15, 0.2) is 42.5 Å². The highest BCUT2D eigenvalue weighted by Crippen LogP contribution is 2.37. The predicted octanol–water partition coefficient (Wildman–Crippen LogP) is 3.55. The van der Waals surface area contributed by atoms with E-state index in [0.29, 0.717) is 12.8 Å². The van der Waals surface area contributed by atoms with E-state index in [-0.39, 0.29) is 23.3 Å². The van der Waals surface area contributed by atoms with Crippen molar-refractivity contribution in [1.82, 2.24) is 5.32 Å². The Morgan fingerprint density at radius 2 is 1.83 bits per heavy atom. The van der Waals surface area contributed by atoms with Crippen LogP contribution in [0.2, 0.25) is 0 Å². The third-order valence-electron chi connectivity index (χ3n) is 4.19. The lowest BCUT2D eigenvalue weighted by atomic mass is 9.76. The zero-order valence-corrected chi connectivity index (χ0v) is 12.5. The molecule has 1 saturated carbocycles. The minimum absolute atomic E-state index is 0.133.